The zero-order chi connectivity index (χ0) is 24.9. The summed E-state index contributed by atoms with van der Waals surface area (Å²) in [6, 6.07) is 13.9. The first-order valence-electron chi connectivity index (χ1n) is 10.8. The molecule has 0 radical (unpaired) electrons. The summed E-state index contributed by atoms with van der Waals surface area (Å²) in [5, 5.41) is 2.51. The summed E-state index contributed by atoms with van der Waals surface area (Å²) in [6.07, 6.45) is 2.34. The van der Waals surface area contributed by atoms with Gasteiger partial charge in [-0.25, -0.2) is 22.5 Å². The fourth-order valence-electron chi connectivity index (χ4n) is 3.37. The van der Waals surface area contributed by atoms with Crippen molar-refractivity contribution >= 4 is 39.0 Å². The Bertz CT molecular complexity index is 1330. The van der Waals surface area contributed by atoms with Gasteiger partial charge in [0.1, 0.15) is 18.1 Å². The van der Waals surface area contributed by atoms with Gasteiger partial charge in [0.15, 0.2) is 0 Å². The van der Waals surface area contributed by atoms with Crippen molar-refractivity contribution in [2.24, 2.45) is 0 Å². The van der Waals surface area contributed by atoms with Crippen LogP contribution < -0.4 is 5.32 Å². The maximum atomic E-state index is 12.8. The third kappa shape index (κ3) is 5.70. The molecule has 10 heteroatoms. The van der Waals surface area contributed by atoms with Crippen LogP contribution >= 0.6 is 0 Å². The van der Waals surface area contributed by atoms with E-state index in [9.17, 15) is 18.0 Å². The van der Waals surface area contributed by atoms with Crippen molar-refractivity contribution in [1.82, 2.24) is 19.2 Å². The molecule has 1 N–H and O–H groups in total. The first-order valence-corrected chi connectivity index (χ1v) is 12.2. The Balaban J connectivity index is 1.90. The van der Waals surface area contributed by atoms with Crippen molar-refractivity contribution in [1.29, 1.82) is 0 Å². The minimum Gasteiger partial charge on any atom is -0.453 e. The van der Waals surface area contributed by atoms with Gasteiger partial charge in [0.2, 0.25) is 15.9 Å². The molecule has 180 valence electrons. The molecular formula is C24H28N4O5S. The number of nitrogens with zero attached hydrogens (tertiary/aromatic N) is 3. The number of rotatable bonds is 9. The van der Waals surface area contributed by atoms with Crippen LogP contribution in [0.15, 0.2) is 59.1 Å². The molecule has 1 heterocycles. The largest absolute Gasteiger partial charge is 0.453 e. The van der Waals surface area contributed by atoms with Crippen LogP contribution in [0.2, 0.25) is 0 Å². The van der Waals surface area contributed by atoms with Gasteiger partial charge in [-0.3, -0.25) is 4.79 Å². The lowest BCUT2D eigenvalue weighted by Gasteiger charge is -2.12. The van der Waals surface area contributed by atoms with Crippen molar-refractivity contribution in [3.8, 4) is 0 Å². The Hall–Kier alpha value is -3.50. The van der Waals surface area contributed by atoms with Gasteiger partial charge in [-0.15, -0.1) is 0 Å². The minimum atomic E-state index is -3.61. The van der Waals surface area contributed by atoms with E-state index in [0.717, 1.165) is 21.8 Å². The molecule has 0 aliphatic heterocycles. The van der Waals surface area contributed by atoms with Crippen LogP contribution in [0.25, 0.3) is 17.1 Å². The summed E-state index contributed by atoms with van der Waals surface area (Å²) in [7, 11) is -0.676. The molecule has 0 spiro atoms. The molecule has 0 unspecified atom stereocenters. The van der Waals surface area contributed by atoms with Gasteiger partial charge < -0.3 is 14.6 Å². The molecule has 1 amide bonds. The summed E-state index contributed by atoms with van der Waals surface area (Å²) in [5.74, 6) is -0.622. The molecule has 0 aliphatic carbocycles. The summed E-state index contributed by atoms with van der Waals surface area (Å²) in [4.78, 5) is 29.1. The van der Waals surface area contributed by atoms with Gasteiger partial charge in [0, 0.05) is 27.6 Å². The highest BCUT2D eigenvalue weighted by molar-refractivity contribution is 7.89. The number of esters is 1. The number of sulfonamides is 1. The maximum absolute atomic E-state index is 12.8. The summed E-state index contributed by atoms with van der Waals surface area (Å²) >= 11 is 0. The Labute approximate surface area is 199 Å². The predicted octanol–water partition coefficient (Wildman–Crippen LogP) is 2.92. The lowest BCUT2D eigenvalue weighted by atomic mass is 10.2. The van der Waals surface area contributed by atoms with Gasteiger partial charge in [0.25, 0.3) is 0 Å². The van der Waals surface area contributed by atoms with Crippen LogP contribution in [-0.4, -0.2) is 48.2 Å². The van der Waals surface area contributed by atoms with E-state index in [1.165, 1.54) is 33.2 Å². The van der Waals surface area contributed by atoms with Crippen LogP contribution in [0.3, 0.4) is 0 Å². The van der Waals surface area contributed by atoms with E-state index in [4.69, 9.17) is 4.74 Å². The fourth-order valence-corrected chi connectivity index (χ4v) is 4.30. The lowest BCUT2D eigenvalue weighted by molar-refractivity contribution is -0.141. The van der Waals surface area contributed by atoms with Gasteiger partial charge in [0.05, 0.1) is 15.9 Å². The van der Waals surface area contributed by atoms with Gasteiger partial charge in [-0.05, 0) is 36.3 Å². The van der Waals surface area contributed by atoms with Gasteiger partial charge in [-0.2, -0.15) is 0 Å². The van der Waals surface area contributed by atoms with E-state index in [2.05, 4.69) is 10.3 Å². The van der Waals surface area contributed by atoms with Gasteiger partial charge >= 0.3 is 5.97 Å². The van der Waals surface area contributed by atoms with Crippen molar-refractivity contribution in [3.63, 3.8) is 0 Å². The first kappa shape index (κ1) is 25.1. The van der Waals surface area contributed by atoms with Crippen molar-refractivity contribution in [2.75, 3.05) is 14.1 Å². The Morgan fingerprint density at radius 1 is 1.15 bits per heavy atom. The second kappa shape index (κ2) is 10.6. The number of amides is 1. The van der Waals surface area contributed by atoms with Crippen LogP contribution in [-0.2, 0) is 37.5 Å². The summed E-state index contributed by atoms with van der Waals surface area (Å²) in [6.45, 7) is 3.78. The molecule has 9 nitrogen and oxygen atoms in total. The number of aryl methyl sites for hydroxylation is 1. The number of fused-ring (bicyclic) bond motifs is 1. The number of carbonyl (C=O) groups is 2. The molecule has 0 fully saturated rings. The molecular weight excluding hydrogens is 456 g/mol. The Morgan fingerprint density at radius 2 is 1.85 bits per heavy atom. The van der Waals surface area contributed by atoms with Crippen LogP contribution in [0.4, 0.5) is 0 Å². The average molecular weight is 485 g/mol. The van der Waals surface area contributed by atoms with Gasteiger partial charge in [-0.1, -0.05) is 37.3 Å². The molecule has 0 aliphatic rings. The molecule has 3 rings (SSSR count). The predicted molar refractivity (Wildman–Crippen MR) is 129 cm³/mol. The standard InChI is InChI=1S/C24H28N4O5S/c1-5-13-28-22-12-11-19(34(31,32)27(3)4)15-20(22)26-23(28)16-33-24(30)21(25-17(2)29)14-18-9-7-6-8-10-18/h6-12,14-15H,5,13,16H2,1-4H3,(H,25,29)/b21-14+. The molecule has 0 atom stereocenters. The number of ether oxygens (including phenoxy) is 1. The molecule has 0 saturated carbocycles. The smallest absolute Gasteiger partial charge is 0.355 e. The zero-order valence-electron chi connectivity index (χ0n) is 19.6. The Morgan fingerprint density at radius 3 is 2.47 bits per heavy atom. The van der Waals surface area contributed by atoms with E-state index >= 15 is 0 Å². The molecule has 3 aromatic rings. The number of nitrogens with one attached hydrogen (secondary N) is 1. The number of benzene rings is 2. The number of hydrogen-bond donors (Lipinski definition) is 1. The molecule has 1 aromatic heterocycles. The van der Waals surface area contributed by atoms with Crippen molar-refractivity contribution in [3.05, 3.63) is 65.6 Å². The maximum Gasteiger partial charge on any atom is 0.355 e. The van der Waals surface area contributed by atoms with Crippen LogP contribution in [0.1, 0.15) is 31.7 Å². The summed E-state index contributed by atoms with van der Waals surface area (Å²) in [5.41, 5.74) is 1.98. The molecule has 2 aromatic carbocycles. The first-order chi connectivity index (χ1) is 16.1. The number of carbonyl (C=O) groups excluding carboxylic acids is 2. The third-order valence-corrected chi connectivity index (χ3v) is 6.81. The van der Waals surface area contributed by atoms with Crippen molar-refractivity contribution < 1.29 is 22.7 Å². The Kier molecular flexibility index (Phi) is 7.85. The zero-order valence-corrected chi connectivity index (χ0v) is 20.4. The van der Waals surface area contributed by atoms with E-state index in [1.807, 2.05) is 29.7 Å². The minimum absolute atomic E-state index is 0.0104. The van der Waals surface area contributed by atoms with E-state index in [0.29, 0.717) is 17.9 Å². The monoisotopic (exact) mass is 484 g/mol. The van der Waals surface area contributed by atoms with E-state index in [1.54, 1.807) is 24.3 Å². The third-order valence-electron chi connectivity index (χ3n) is 5.00. The topological polar surface area (TPSA) is 111 Å². The van der Waals surface area contributed by atoms with Crippen LogP contribution in [0, 0.1) is 0 Å². The normalized spacial score (nSPS) is 12.2. The van der Waals surface area contributed by atoms with E-state index in [-0.39, 0.29) is 17.2 Å². The number of imidazole rings is 1. The molecule has 34 heavy (non-hydrogen) atoms. The van der Waals surface area contributed by atoms with E-state index < -0.39 is 21.9 Å². The highest BCUT2D eigenvalue weighted by Crippen LogP contribution is 2.23. The van der Waals surface area contributed by atoms with Crippen molar-refractivity contribution in [2.45, 2.75) is 38.3 Å². The second-order valence-electron chi connectivity index (χ2n) is 7.84. The SMILES string of the molecule is CCCn1c(COC(=O)/C(=C\c2ccccc2)NC(C)=O)nc2cc(S(=O)(=O)N(C)C)ccc21. The van der Waals surface area contributed by atoms with Crippen LogP contribution in [0.5, 0.6) is 0 Å². The number of hydrogen-bond acceptors (Lipinski definition) is 6. The second-order valence-corrected chi connectivity index (χ2v) is 10.00. The quantitative estimate of drug-likeness (QED) is 0.369. The highest BCUT2D eigenvalue weighted by Gasteiger charge is 2.21. The summed E-state index contributed by atoms with van der Waals surface area (Å²) < 4.78 is 33.5. The lowest BCUT2D eigenvalue weighted by Crippen LogP contribution is -2.26. The average Bonchev–Trinajstić information content (AvgIpc) is 3.14. The molecule has 0 saturated heterocycles. The highest BCUT2D eigenvalue weighted by atomic mass is 32.2. The number of aromatic nitrogens is 2. The fraction of sp³-hybridized carbons (Fsp3) is 0.292. The molecule has 0 bridgehead atoms.